The van der Waals surface area contributed by atoms with Gasteiger partial charge in [0, 0.05) is 59.1 Å². The number of aryl methyl sites for hydroxylation is 1. The summed E-state index contributed by atoms with van der Waals surface area (Å²) in [5.74, 6) is -14.2. The van der Waals surface area contributed by atoms with Gasteiger partial charge in [0.15, 0.2) is 30.3 Å². The van der Waals surface area contributed by atoms with Crippen molar-refractivity contribution in [1.82, 2.24) is 42.5 Å². The molecule has 0 aliphatic carbocycles. The van der Waals surface area contributed by atoms with Crippen LogP contribution >= 0.6 is 23.2 Å². The number of rotatable bonds is 23. The average Bonchev–Trinajstić information content (AvgIpc) is 0.766. The highest BCUT2D eigenvalue weighted by molar-refractivity contribution is 6.32. The smallest absolute Gasteiger partial charge is 0.255 e. The van der Waals surface area contributed by atoms with Gasteiger partial charge < -0.3 is 163 Å². The highest BCUT2D eigenvalue weighted by Gasteiger charge is 2.53. The number of phenols is 3. The number of aromatic hydroxyl groups is 3. The third-order valence-corrected chi connectivity index (χ3v) is 24.6. The number of halogens is 2. The minimum Gasteiger partial charge on any atom is -0.508 e. The minimum atomic E-state index is -2.41. The molecule has 720 valence electrons. The maximum Gasteiger partial charge on any atom is 0.255 e. The number of nitrogens with one attached hydrogen (secondary N) is 9. The monoisotopic (exact) mass is 1910 g/mol. The number of ether oxygens (including phenoxy) is 9. The molecule has 8 aliphatic rings. The second-order valence-electron chi connectivity index (χ2n) is 34.5. The van der Waals surface area contributed by atoms with Crippen LogP contribution in [-0.2, 0) is 70.4 Å². The van der Waals surface area contributed by atoms with Gasteiger partial charge in [-0.1, -0.05) is 104 Å². The first-order valence-corrected chi connectivity index (χ1v) is 44.0. The average molecular weight is 1910 g/mol. The number of benzene rings is 8. The number of aliphatic hydroxyl groups excluding tert-OH is 9. The van der Waals surface area contributed by atoms with E-state index in [9.17, 15) is 75.7 Å². The van der Waals surface area contributed by atoms with Crippen LogP contribution in [0.3, 0.4) is 0 Å². The summed E-state index contributed by atoms with van der Waals surface area (Å²) < 4.78 is 57.5. The lowest BCUT2D eigenvalue weighted by Gasteiger charge is -2.46. The van der Waals surface area contributed by atoms with Gasteiger partial charge in [0.2, 0.25) is 53.4 Å². The Morgan fingerprint density at radius 1 is 0.630 bits per heavy atom. The first-order valence-electron chi connectivity index (χ1n) is 43.2. The number of phenolic OH excluding ortho intramolecular Hbond substituents is 3. The van der Waals surface area contributed by atoms with Gasteiger partial charge in [0.1, 0.15) is 132 Å². The number of fused-ring (bicyclic) bond motifs is 15. The van der Waals surface area contributed by atoms with Crippen molar-refractivity contribution in [2.24, 2.45) is 17.4 Å². The maximum atomic E-state index is 16.5. The first kappa shape index (κ1) is 99.0. The fraction of sp³-hybridized carbons (Fsp3) is 0.398. The van der Waals surface area contributed by atoms with E-state index in [1.54, 1.807) is 42.5 Å². The summed E-state index contributed by atoms with van der Waals surface area (Å²) in [6, 6.07) is 23.3. The predicted octanol–water partition coefficient (Wildman–Crippen LogP) is 2.73. The summed E-state index contributed by atoms with van der Waals surface area (Å²) in [7, 11) is 1.47. The largest absolute Gasteiger partial charge is 0.508 e. The van der Waals surface area contributed by atoms with E-state index in [1.165, 1.54) is 45.2 Å². The Labute approximate surface area is 781 Å². The van der Waals surface area contributed by atoms with E-state index >= 15 is 24.0 Å². The van der Waals surface area contributed by atoms with Gasteiger partial charge >= 0.3 is 0 Å². The molecule has 0 radical (unpaired) electrons. The quantitative estimate of drug-likeness (QED) is 0.0438. The molecule has 8 aromatic carbocycles. The summed E-state index contributed by atoms with van der Waals surface area (Å²) >= 11 is 14.5. The zero-order valence-corrected chi connectivity index (χ0v) is 74.9. The lowest BCUT2D eigenvalue weighted by atomic mass is 9.86. The molecule has 1 unspecified atom stereocenters. The summed E-state index contributed by atoms with van der Waals surface area (Å²) in [5.41, 5.74) is 11.6. The van der Waals surface area contributed by atoms with E-state index < -0.39 is 279 Å². The van der Waals surface area contributed by atoms with Gasteiger partial charge in [0.25, 0.3) is 5.91 Å². The molecule has 3 fully saturated rings. The molecular formula is C93H105Cl2N11O29. The number of primary amides is 1. The van der Waals surface area contributed by atoms with Crippen LogP contribution in [0.5, 0.6) is 51.7 Å². The zero-order chi connectivity index (χ0) is 97.0. The van der Waals surface area contributed by atoms with Crippen molar-refractivity contribution in [3.63, 3.8) is 0 Å². The topological polar surface area (TPSA) is 623 Å². The van der Waals surface area contributed by atoms with Crippen LogP contribution in [0.1, 0.15) is 132 Å². The number of carbonyl (C=O) groups excluding carboxylic acids is 8. The molecule has 25 N–H and O–H groups in total. The standard InChI is InChI=1S/C93H105Cl2N11O29/c1-39(2)23-55(98-6)85(121)104-71-73(112)45-18-21-59(53(94)26-45)129-62-29-48-30-63(80(62)134-92-78(117)76(115)81(65(37-107)132-92)135-91-77(116)75(114)74(113)64(131-91)36-99-35-43-13-10-14-49(24-43)100-83(119)47-16-15-40(3)61(28-47)127-38-42-11-8-7-9-12-42)130-60-22-19-46(27-54(60)95)79(133-67-34-93(5,97)82(118)41(4)128-67)72-90(126)106-84(120)52-31-50(108)32-58(110)68(52)51-25-44(17-20-57(51)109)69(87(123)105-72)103-88(124)70(48)102-86(122)56(33-66(96)111)101-89(71)125/h7-22,24-32,39,41,55-56,64-65,67,69-79,81-82,84,91-92,98-99,107-110,112-118,120H,23,33-38,97H2,1-6H3,(H2,96,111)(H,100,119)(H,101,125)(H,102,122)(H,103,124)(H,104,121)(H,105,123)(H,106,126)/t41-,55+,56+,64+,65+,67-,69+,70+,71?,72-,73+,74-,75-,76+,77+,78+,79+,81+,82-,84-,91-,92-,93-/m0/s1. The van der Waals surface area contributed by atoms with E-state index in [0.717, 1.165) is 65.7 Å². The Hall–Kier alpha value is -12.0. The van der Waals surface area contributed by atoms with Crippen molar-refractivity contribution in [3.8, 4) is 62.9 Å². The van der Waals surface area contributed by atoms with Crippen LogP contribution in [0.15, 0.2) is 152 Å². The van der Waals surface area contributed by atoms with Crippen LogP contribution in [0.2, 0.25) is 10.0 Å². The number of nitrogens with two attached hydrogens (primary N) is 2. The Kier molecular flexibility index (Phi) is 30.9. The van der Waals surface area contributed by atoms with E-state index in [-0.39, 0.29) is 55.1 Å². The van der Waals surface area contributed by atoms with Gasteiger partial charge in [-0.25, -0.2) is 0 Å². The molecule has 40 nitrogen and oxygen atoms in total. The fourth-order valence-corrected chi connectivity index (χ4v) is 17.2. The molecule has 0 aromatic heterocycles. The molecule has 8 amide bonds. The van der Waals surface area contributed by atoms with E-state index in [0.29, 0.717) is 22.6 Å². The Balaban J connectivity index is 0.849. The van der Waals surface area contributed by atoms with Crippen molar-refractivity contribution >= 4 is 76.1 Å². The first-order chi connectivity index (χ1) is 64.2. The van der Waals surface area contributed by atoms with Gasteiger partial charge in [-0.2, -0.15) is 0 Å². The summed E-state index contributed by atoms with van der Waals surface area (Å²) in [5, 5.41) is 164. The van der Waals surface area contributed by atoms with Gasteiger partial charge in [-0.3, -0.25) is 38.4 Å². The predicted molar refractivity (Wildman–Crippen MR) is 477 cm³/mol. The third-order valence-electron chi connectivity index (χ3n) is 24.0. The molecule has 11 bridgehead atoms. The number of aliphatic hydroxyl groups is 9. The van der Waals surface area contributed by atoms with Crippen LogP contribution in [0.4, 0.5) is 5.69 Å². The van der Waals surface area contributed by atoms with Gasteiger partial charge in [-0.05, 0) is 158 Å². The highest BCUT2D eigenvalue weighted by atomic mass is 35.5. The second-order valence-corrected chi connectivity index (χ2v) is 35.3. The van der Waals surface area contributed by atoms with Crippen molar-refractivity contribution in [2.75, 3.05) is 25.5 Å². The number of likely N-dealkylation sites (N-methyl/N-ethyl adjacent to an activating group) is 1. The van der Waals surface area contributed by atoms with E-state index in [2.05, 4.69) is 47.9 Å². The molecule has 0 saturated carbocycles. The van der Waals surface area contributed by atoms with Crippen molar-refractivity contribution in [2.45, 2.75) is 207 Å². The van der Waals surface area contributed by atoms with Crippen molar-refractivity contribution in [3.05, 3.63) is 212 Å². The highest BCUT2D eigenvalue weighted by Crippen LogP contribution is 2.50. The molecule has 8 aromatic rings. The molecule has 3 saturated heterocycles. The number of hydrogen-bond acceptors (Lipinski definition) is 32. The van der Waals surface area contributed by atoms with Crippen LogP contribution in [-0.4, -0.2) is 238 Å². The summed E-state index contributed by atoms with van der Waals surface area (Å²) in [6.45, 7) is 7.41. The number of hydrogen-bond donors (Lipinski definition) is 23. The zero-order valence-electron chi connectivity index (χ0n) is 73.4. The lowest BCUT2D eigenvalue weighted by molar-refractivity contribution is -0.350. The number of anilines is 1. The molecule has 8 aliphatic heterocycles. The molecule has 16 rings (SSSR count). The van der Waals surface area contributed by atoms with Crippen molar-refractivity contribution < 1.29 is 142 Å². The maximum absolute atomic E-state index is 16.5. The SMILES string of the molecule is CN[C@H](CC(C)C)C(=O)NC1C(=O)N[C@H](CC(N)=O)C(=O)N[C@H]2C(=O)N[C@H]3C(=O)N[C@H](C(=O)N[C@@H](O)c4cc(O)cc(O)c4-c4cc3ccc4O)[C@H](O[C@H]3C[C@](C)(N)[C@@H](O)[C@H](C)O3)c3ccc(c(Cl)c3)Oc3cc2cc(c3O[C@@H]2O[C@H](CO)[C@@H](O[C@@H]3O[C@H](CNCc4cccc(NC(=O)c5ccc(C)c(OCc6ccccc6)c5)c4)[C@H](O)[C@H](O)[C@H]3O)[C@H](O)[C@H]2O)Oc2ccc(cc2Cl)[C@H]1O. The van der Waals surface area contributed by atoms with E-state index in [4.69, 9.17) is 77.3 Å². The molecule has 8 heterocycles. The van der Waals surface area contributed by atoms with Crippen LogP contribution < -0.4 is 78.3 Å². The van der Waals surface area contributed by atoms with Crippen LogP contribution in [0.25, 0.3) is 11.1 Å². The molecular weight excluding hydrogens is 1810 g/mol. The summed E-state index contributed by atoms with van der Waals surface area (Å²) in [4.78, 5) is 120. The molecule has 0 spiro atoms. The Morgan fingerprint density at radius 2 is 1.28 bits per heavy atom. The lowest BCUT2D eigenvalue weighted by Crippen LogP contribution is -2.65. The molecule has 42 heteroatoms. The number of amides is 8. The van der Waals surface area contributed by atoms with E-state index in [1.807, 2.05) is 51.1 Å². The van der Waals surface area contributed by atoms with Gasteiger partial charge in [-0.15, -0.1) is 0 Å². The third kappa shape index (κ3) is 22.4. The van der Waals surface area contributed by atoms with Crippen LogP contribution in [0, 0.1) is 12.8 Å². The fourth-order valence-electron chi connectivity index (χ4n) is 16.7. The molecule has 135 heavy (non-hydrogen) atoms. The number of carbonyl (C=O) groups is 8. The Bertz CT molecular complexity index is 5750. The van der Waals surface area contributed by atoms with Crippen molar-refractivity contribution in [1.29, 1.82) is 0 Å². The Morgan fingerprint density at radius 3 is 1.96 bits per heavy atom. The summed E-state index contributed by atoms with van der Waals surface area (Å²) in [6.07, 6.45) is -31.5. The van der Waals surface area contributed by atoms with Gasteiger partial charge in [0.05, 0.1) is 41.3 Å². The normalized spacial score (nSPS) is 28.3. The minimum absolute atomic E-state index is 0.0695. The second kappa shape index (κ2) is 42.1. The molecule has 23 atom stereocenters.